The summed E-state index contributed by atoms with van der Waals surface area (Å²) in [5.41, 5.74) is 2.44. The first-order valence-corrected chi connectivity index (χ1v) is 7.29. The van der Waals surface area contributed by atoms with E-state index in [0.29, 0.717) is 17.7 Å². The zero-order valence-corrected chi connectivity index (χ0v) is 11.8. The first kappa shape index (κ1) is 13.1. The fourth-order valence-corrected chi connectivity index (χ4v) is 3.26. The molecule has 0 N–H and O–H groups in total. The Kier molecular flexibility index (Phi) is 2.96. The molecule has 0 spiro atoms. The highest BCUT2D eigenvalue weighted by Gasteiger charge is 2.40. The van der Waals surface area contributed by atoms with Crippen molar-refractivity contribution in [1.29, 1.82) is 0 Å². The molecule has 0 saturated carbocycles. The molecule has 110 valence electrons. The molecule has 0 aromatic heterocycles. The van der Waals surface area contributed by atoms with Crippen LogP contribution in [0.15, 0.2) is 48.5 Å². The minimum absolute atomic E-state index is 0.158. The van der Waals surface area contributed by atoms with Crippen LogP contribution in [-0.4, -0.2) is 18.5 Å². The fourth-order valence-electron chi connectivity index (χ4n) is 3.26. The summed E-state index contributed by atoms with van der Waals surface area (Å²) in [6, 6.07) is 14.9. The molecule has 2 unspecified atom stereocenters. The molecule has 2 atom stereocenters. The Morgan fingerprint density at radius 1 is 0.909 bits per heavy atom. The maximum absolute atomic E-state index is 12.4. The van der Waals surface area contributed by atoms with E-state index in [1.54, 1.807) is 18.2 Å². The smallest absolute Gasteiger partial charge is 0.338 e. The molecule has 0 fully saturated rings. The number of fused-ring (bicyclic) bond motifs is 2. The van der Waals surface area contributed by atoms with Crippen LogP contribution in [0.2, 0.25) is 0 Å². The van der Waals surface area contributed by atoms with Gasteiger partial charge in [-0.3, -0.25) is 4.79 Å². The Hall–Kier alpha value is -2.62. The molecule has 2 heterocycles. The van der Waals surface area contributed by atoms with Crippen LogP contribution in [0.3, 0.4) is 0 Å². The Bertz CT molecular complexity index is 765. The Morgan fingerprint density at radius 2 is 1.68 bits per heavy atom. The third-order valence-corrected chi connectivity index (χ3v) is 4.39. The molecule has 0 bridgehead atoms. The topological polar surface area (TPSA) is 52.6 Å². The Labute approximate surface area is 127 Å². The minimum Gasteiger partial charge on any atom is -0.461 e. The number of rotatable bonds is 1. The van der Waals surface area contributed by atoms with E-state index >= 15 is 0 Å². The second-order valence-electron chi connectivity index (χ2n) is 5.63. The molecule has 2 aromatic rings. The number of carbonyl (C=O) groups is 2. The molecule has 0 amide bonds. The van der Waals surface area contributed by atoms with Gasteiger partial charge in [0.2, 0.25) is 0 Å². The van der Waals surface area contributed by atoms with Crippen molar-refractivity contribution in [2.45, 2.75) is 12.3 Å². The molecular weight excluding hydrogens is 280 g/mol. The van der Waals surface area contributed by atoms with Gasteiger partial charge in [-0.05, 0) is 29.7 Å². The van der Waals surface area contributed by atoms with Gasteiger partial charge in [0.25, 0.3) is 0 Å². The van der Waals surface area contributed by atoms with E-state index in [4.69, 9.17) is 9.47 Å². The molecule has 2 aromatic carbocycles. The number of cyclic esters (lactones) is 1. The maximum atomic E-state index is 12.4. The van der Waals surface area contributed by atoms with Crippen molar-refractivity contribution in [1.82, 2.24) is 0 Å². The first-order valence-electron chi connectivity index (χ1n) is 7.29. The molecule has 0 radical (unpaired) electrons. The van der Waals surface area contributed by atoms with Gasteiger partial charge in [-0.1, -0.05) is 36.4 Å². The van der Waals surface area contributed by atoms with Gasteiger partial charge in [-0.25, -0.2) is 4.79 Å². The van der Waals surface area contributed by atoms with Crippen LogP contribution in [0.4, 0.5) is 0 Å². The zero-order valence-electron chi connectivity index (χ0n) is 11.8. The molecule has 4 rings (SSSR count). The number of esters is 2. The van der Waals surface area contributed by atoms with Gasteiger partial charge in [0, 0.05) is 5.92 Å². The summed E-state index contributed by atoms with van der Waals surface area (Å²) in [6.07, 6.45) is 0.603. The van der Waals surface area contributed by atoms with E-state index in [0.717, 1.165) is 11.1 Å². The van der Waals surface area contributed by atoms with Gasteiger partial charge in [-0.15, -0.1) is 0 Å². The summed E-state index contributed by atoms with van der Waals surface area (Å²) in [7, 11) is 0. The summed E-state index contributed by atoms with van der Waals surface area (Å²) >= 11 is 0. The molecule has 22 heavy (non-hydrogen) atoms. The van der Waals surface area contributed by atoms with Crippen LogP contribution in [-0.2, 0) is 16.0 Å². The number of hydrogen-bond donors (Lipinski definition) is 0. The lowest BCUT2D eigenvalue weighted by Gasteiger charge is -2.33. The monoisotopic (exact) mass is 294 g/mol. The van der Waals surface area contributed by atoms with Crippen molar-refractivity contribution in [3.8, 4) is 5.75 Å². The quantitative estimate of drug-likeness (QED) is 0.599. The lowest BCUT2D eigenvalue weighted by Crippen LogP contribution is -2.37. The van der Waals surface area contributed by atoms with Crippen LogP contribution in [0.1, 0.15) is 27.4 Å². The number of ether oxygens (including phenoxy) is 2. The van der Waals surface area contributed by atoms with E-state index in [1.807, 2.05) is 30.3 Å². The molecule has 4 nitrogen and oxygen atoms in total. The molecule has 2 aliphatic rings. The third-order valence-electron chi connectivity index (χ3n) is 4.39. The molecule has 0 saturated heterocycles. The Morgan fingerprint density at radius 3 is 2.59 bits per heavy atom. The minimum atomic E-state index is -0.329. The van der Waals surface area contributed by atoms with Gasteiger partial charge in [0.1, 0.15) is 5.75 Å². The predicted molar refractivity (Wildman–Crippen MR) is 78.7 cm³/mol. The molecular formula is C18H14O4. The van der Waals surface area contributed by atoms with Crippen molar-refractivity contribution < 1.29 is 19.1 Å². The van der Waals surface area contributed by atoms with Crippen molar-refractivity contribution in [2.75, 3.05) is 6.61 Å². The summed E-state index contributed by atoms with van der Waals surface area (Å²) in [6.45, 7) is 0.220. The molecule has 4 heteroatoms. The maximum Gasteiger partial charge on any atom is 0.338 e. The van der Waals surface area contributed by atoms with Gasteiger partial charge < -0.3 is 9.47 Å². The fraction of sp³-hybridized carbons (Fsp3) is 0.222. The van der Waals surface area contributed by atoms with Crippen molar-refractivity contribution in [3.63, 3.8) is 0 Å². The number of hydrogen-bond acceptors (Lipinski definition) is 4. The highest BCUT2D eigenvalue weighted by Crippen LogP contribution is 2.38. The zero-order chi connectivity index (χ0) is 15.1. The van der Waals surface area contributed by atoms with Crippen LogP contribution in [0.25, 0.3) is 0 Å². The van der Waals surface area contributed by atoms with E-state index < -0.39 is 0 Å². The van der Waals surface area contributed by atoms with Crippen LogP contribution < -0.4 is 4.74 Å². The lowest BCUT2D eigenvalue weighted by molar-refractivity contribution is -0.141. The third kappa shape index (κ3) is 1.99. The summed E-state index contributed by atoms with van der Waals surface area (Å²) in [4.78, 5) is 24.2. The average Bonchev–Trinajstić information content (AvgIpc) is 2.55. The molecule has 2 aliphatic heterocycles. The van der Waals surface area contributed by atoms with Crippen LogP contribution in [0.5, 0.6) is 5.75 Å². The predicted octanol–water partition coefficient (Wildman–Crippen LogP) is 2.72. The summed E-state index contributed by atoms with van der Waals surface area (Å²) in [5, 5.41) is 0. The van der Waals surface area contributed by atoms with E-state index in [-0.39, 0.29) is 30.4 Å². The lowest BCUT2D eigenvalue weighted by atomic mass is 9.78. The summed E-state index contributed by atoms with van der Waals surface area (Å²) < 4.78 is 10.7. The SMILES string of the molecule is O=C1OCC(C2Cc3ccccc3OC2=O)c2ccccc21. The normalized spacial score (nSPS) is 23.1. The van der Waals surface area contributed by atoms with Crippen molar-refractivity contribution >= 4 is 11.9 Å². The highest BCUT2D eigenvalue weighted by molar-refractivity contribution is 5.93. The average molecular weight is 294 g/mol. The van der Waals surface area contributed by atoms with Crippen LogP contribution >= 0.6 is 0 Å². The van der Waals surface area contributed by atoms with E-state index in [9.17, 15) is 9.59 Å². The van der Waals surface area contributed by atoms with E-state index in [2.05, 4.69) is 0 Å². The highest BCUT2D eigenvalue weighted by atomic mass is 16.5. The number of benzene rings is 2. The second kappa shape index (κ2) is 4.98. The van der Waals surface area contributed by atoms with Gasteiger partial charge >= 0.3 is 11.9 Å². The summed E-state index contributed by atoms with van der Waals surface area (Å²) in [5.74, 6) is -0.434. The first-order chi connectivity index (χ1) is 10.7. The standard InChI is InChI=1S/C18H14O4/c19-17-13-7-3-2-6-12(13)15(10-21-17)14-9-11-5-1-4-8-16(11)22-18(14)20/h1-8,14-15H,9-10H2. The van der Waals surface area contributed by atoms with Gasteiger partial charge in [0.05, 0.1) is 18.1 Å². The second-order valence-corrected chi connectivity index (χ2v) is 5.63. The molecule has 0 aliphatic carbocycles. The van der Waals surface area contributed by atoms with E-state index in [1.165, 1.54) is 0 Å². The largest absolute Gasteiger partial charge is 0.461 e. The number of carbonyl (C=O) groups excluding carboxylic acids is 2. The van der Waals surface area contributed by atoms with Gasteiger partial charge in [0.15, 0.2) is 0 Å². The Balaban J connectivity index is 1.73. The van der Waals surface area contributed by atoms with Crippen molar-refractivity contribution in [2.24, 2.45) is 5.92 Å². The van der Waals surface area contributed by atoms with Gasteiger partial charge in [-0.2, -0.15) is 0 Å². The number of para-hydroxylation sites is 1. The van der Waals surface area contributed by atoms with Crippen LogP contribution in [0, 0.1) is 5.92 Å². The van der Waals surface area contributed by atoms with Crippen molar-refractivity contribution in [3.05, 3.63) is 65.2 Å².